The molecule has 0 unspecified atom stereocenters. The molecule has 1 aromatic rings. The fourth-order valence-electron chi connectivity index (χ4n) is 1.86. The smallest absolute Gasteiger partial charge is 0.305 e. The molecule has 6 heteroatoms. The molecule has 0 radical (unpaired) electrons. The fourth-order valence-corrected chi connectivity index (χ4v) is 2.35. The average molecular weight is 275 g/mol. The van der Waals surface area contributed by atoms with Crippen LogP contribution < -0.4 is 10.6 Å². The molecule has 0 amide bonds. The van der Waals surface area contributed by atoms with Crippen LogP contribution in [0.25, 0.3) is 0 Å². The molecular weight excluding hydrogens is 263 g/mol. The predicted octanol–water partition coefficient (Wildman–Crippen LogP) is 2.22. The van der Waals surface area contributed by atoms with Gasteiger partial charge in [0.05, 0.1) is 27.7 Å². The van der Waals surface area contributed by atoms with Gasteiger partial charge in [-0.2, -0.15) is 0 Å². The quantitative estimate of drug-likeness (QED) is 0.788. The summed E-state index contributed by atoms with van der Waals surface area (Å²) in [6, 6.07) is 5.19. The molecule has 1 aliphatic rings. The van der Waals surface area contributed by atoms with Gasteiger partial charge in [0.2, 0.25) is 0 Å². The lowest BCUT2D eigenvalue weighted by molar-refractivity contribution is -0.138. The Kier molecular flexibility index (Phi) is 3.47. The molecule has 0 aliphatic carbocycles. The van der Waals surface area contributed by atoms with Crippen molar-refractivity contribution in [2.24, 2.45) is 0 Å². The number of anilines is 1. The van der Waals surface area contributed by atoms with Crippen LogP contribution in [0.3, 0.4) is 0 Å². The molecule has 1 heterocycles. The first kappa shape index (κ1) is 12.5. The van der Waals surface area contributed by atoms with Gasteiger partial charge >= 0.3 is 5.97 Å². The van der Waals surface area contributed by atoms with Crippen molar-refractivity contribution >= 4 is 34.9 Å². The lowest BCUT2D eigenvalue weighted by Crippen LogP contribution is -2.65. The summed E-state index contributed by atoms with van der Waals surface area (Å²) in [5.74, 6) is -0.845. The van der Waals surface area contributed by atoms with Gasteiger partial charge in [-0.1, -0.05) is 29.3 Å². The molecular formula is C11H12Cl2N2O2. The minimum absolute atomic E-state index is 0.0293. The number of halogens is 2. The summed E-state index contributed by atoms with van der Waals surface area (Å²) >= 11 is 12.1. The van der Waals surface area contributed by atoms with Crippen LogP contribution in [-0.2, 0) is 4.79 Å². The Balaban J connectivity index is 2.21. The van der Waals surface area contributed by atoms with Crippen molar-refractivity contribution in [1.29, 1.82) is 0 Å². The minimum Gasteiger partial charge on any atom is -0.481 e. The normalized spacial score (nSPS) is 17.3. The molecule has 92 valence electrons. The van der Waals surface area contributed by atoms with Gasteiger partial charge in [-0.25, -0.2) is 0 Å². The highest BCUT2D eigenvalue weighted by molar-refractivity contribution is 6.39. The number of nitrogens with one attached hydrogen (secondary N) is 2. The Morgan fingerprint density at radius 2 is 2.00 bits per heavy atom. The number of rotatable bonds is 4. The molecule has 0 atom stereocenters. The van der Waals surface area contributed by atoms with Crippen molar-refractivity contribution in [3.05, 3.63) is 28.2 Å². The number of benzene rings is 1. The monoisotopic (exact) mass is 274 g/mol. The second-order valence-electron chi connectivity index (χ2n) is 4.18. The van der Waals surface area contributed by atoms with E-state index in [0.29, 0.717) is 28.8 Å². The summed E-state index contributed by atoms with van der Waals surface area (Å²) in [7, 11) is 0. The lowest BCUT2D eigenvalue weighted by atomic mass is 9.88. The summed E-state index contributed by atoms with van der Waals surface area (Å²) < 4.78 is 0. The SMILES string of the molecule is O=C(O)CC1(Nc2c(Cl)cccc2Cl)CNC1. The van der Waals surface area contributed by atoms with Crippen molar-refractivity contribution in [1.82, 2.24) is 5.32 Å². The standard InChI is InChI=1S/C11H12Cl2N2O2/c12-7-2-1-3-8(13)10(7)15-11(4-9(16)17)5-14-6-11/h1-3,14-15H,4-6H2,(H,16,17). The van der Waals surface area contributed by atoms with E-state index in [-0.39, 0.29) is 6.42 Å². The lowest BCUT2D eigenvalue weighted by Gasteiger charge is -2.43. The van der Waals surface area contributed by atoms with Crippen LogP contribution in [0.15, 0.2) is 18.2 Å². The Morgan fingerprint density at radius 1 is 1.41 bits per heavy atom. The zero-order chi connectivity index (χ0) is 12.5. The molecule has 2 rings (SSSR count). The van der Waals surface area contributed by atoms with Crippen LogP contribution in [0.5, 0.6) is 0 Å². The van der Waals surface area contributed by atoms with Crippen LogP contribution in [0.2, 0.25) is 10.0 Å². The van der Waals surface area contributed by atoms with Crippen LogP contribution in [0.4, 0.5) is 5.69 Å². The van der Waals surface area contributed by atoms with Crippen LogP contribution in [0.1, 0.15) is 6.42 Å². The van der Waals surface area contributed by atoms with E-state index >= 15 is 0 Å². The zero-order valence-corrected chi connectivity index (χ0v) is 10.5. The van der Waals surface area contributed by atoms with Gasteiger partial charge in [-0.05, 0) is 12.1 Å². The summed E-state index contributed by atoms with van der Waals surface area (Å²) in [6.45, 7) is 1.17. The zero-order valence-electron chi connectivity index (χ0n) is 8.96. The van der Waals surface area contributed by atoms with Gasteiger partial charge < -0.3 is 15.7 Å². The van der Waals surface area contributed by atoms with Crippen molar-refractivity contribution < 1.29 is 9.90 Å². The molecule has 0 bridgehead atoms. The van der Waals surface area contributed by atoms with Crippen molar-refractivity contribution in [2.75, 3.05) is 18.4 Å². The second kappa shape index (κ2) is 4.72. The van der Waals surface area contributed by atoms with Crippen LogP contribution in [-0.4, -0.2) is 29.7 Å². The number of carboxylic acid groups (broad SMARTS) is 1. The van der Waals surface area contributed by atoms with Crippen molar-refractivity contribution in [3.8, 4) is 0 Å². The number of hydrogen-bond donors (Lipinski definition) is 3. The van der Waals surface area contributed by atoms with E-state index in [4.69, 9.17) is 28.3 Å². The summed E-state index contributed by atoms with van der Waals surface area (Å²) in [5, 5.41) is 16.1. The summed E-state index contributed by atoms with van der Waals surface area (Å²) in [5.41, 5.74) is 0.0964. The maximum Gasteiger partial charge on any atom is 0.305 e. The number of carboxylic acids is 1. The van der Waals surface area contributed by atoms with E-state index in [1.165, 1.54) is 0 Å². The van der Waals surface area contributed by atoms with E-state index < -0.39 is 11.5 Å². The molecule has 1 aromatic carbocycles. The van der Waals surface area contributed by atoms with Gasteiger partial charge in [0.15, 0.2) is 0 Å². The molecule has 1 saturated heterocycles. The Morgan fingerprint density at radius 3 is 2.41 bits per heavy atom. The summed E-state index contributed by atoms with van der Waals surface area (Å²) in [4.78, 5) is 10.8. The molecule has 0 spiro atoms. The third-order valence-corrected chi connectivity index (χ3v) is 3.40. The van der Waals surface area contributed by atoms with E-state index in [9.17, 15) is 4.79 Å². The second-order valence-corrected chi connectivity index (χ2v) is 4.99. The number of carbonyl (C=O) groups is 1. The van der Waals surface area contributed by atoms with Gasteiger partial charge in [0.1, 0.15) is 0 Å². The van der Waals surface area contributed by atoms with Crippen molar-refractivity contribution in [3.63, 3.8) is 0 Å². The predicted molar refractivity (Wildman–Crippen MR) is 67.9 cm³/mol. The van der Waals surface area contributed by atoms with E-state index in [1.807, 2.05) is 0 Å². The highest BCUT2D eigenvalue weighted by atomic mass is 35.5. The maximum absolute atomic E-state index is 10.8. The Bertz CT molecular complexity index is 427. The fraction of sp³-hybridized carbons (Fsp3) is 0.364. The topological polar surface area (TPSA) is 61.4 Å². The molecule has 0 saturated carbocycles. The molecule has 1 fully saturated rings. The number of para-hydroxylation sites is 1. The first-order valence-corrected chi connectivity index (χ1v) is 5.93. The largest absolute Gasteiger partial charge is 0.481 e. The Labute approximate surface area is 109 Å². The highest BCUT2D eigenvalue weighted by Gasteiger charge is 2.39. The third kappa shape index (κ3) is 2.65. The Hall–Kier alpha value is -0.970. The van der Waals surface area contributed by atoms with E-state index in [2.05, 4.69) is 10.6 Å². The average Bonchev–Trinajstić information content (AvgIpc) is 2.19. The van der Waals surface area contributed by atoms with Gasteiger partial charge in [-0.15, -0.1) is 0 Å². The molecule has 17 heavy (non-hydrogen) atoms. The summed E-state index contributed by atoms with van der Waals surface area (Å²) in [6.07, 6.45) is 0.0293. The maximum atomic E-state index is 10.8. The molecule has 1 aliphatic heterocycles. The number of aliphatic carboxylic acids is 1. The first-order chi connectivity index (χ1) is 8.02. The van der Waals surface area contributed by atoms with E-state index in [0.717, 1.165) is 0 Å². The van der Waals surface area contributed by atoms with Crippen molar-refractivity contribution in [2.45, 2.75) is 12.0 Å². The molecule has 0 aromatic heterocycles. The highest BCUT2D eigenvalue weighted by Crippen LogP contribution is 2.34. The first-order valence-electron chi connectivity index (χ1n) is 5.17. The minimum atomic E-state index is -0.845. The van der Waals surface area contributed by atoms with E-state index in [1.54, 1.807) is 18.2 Å². The van der Waals surface area contributed by atoms with Gasteiger partial charge in [0, 0.05) is 13.1 Å². The number of hydrogen-bond acceptors (Lipinski definition) is 3. The van der Waals surface area contributed by atoms with Gasteiger partial charge in [0.25, 0.3) is 0 Å². The molecule has 3 N–H and O–H groups in total. The van der Waals surface area contributed by atoms with Crippen LogP contribution in [0, 0.1) is 0 Å². The van der Waals surface area contributed by atoms with Crippen LogP contribution >= 0.6 is 23.2 Å². The third-order valence-electron chi connectivity index (χ3n) is 2.77. The van der Waals surface area contributed by atoms with Gasteiger partial charge in [-0.3, -0.25) is 4.79 Å². The molecule has 4 nitrogen and oxygen atoms in total.